The van der Waals surface area contributed by atoms with Crippen molar-refractivity contribution in [3.05, 3.63) is 25.3 Å². The van der Waals surface area contributed by atoms with E-state index in [9.17, 15) is 9.59 Å². The third-order valence-corrected chi connectivity index (χ3v) is 3.46. The molecule has 98 valence electrons. The minimum atomic E-state index is -1.65. The van der Waals surface area contributed by atoms with Crippen molar-refractivity contribution in [1.29, 1.82) is 0 Å². The Balaban J connectivity index is 2.56. The molecule has 0 amide bonds. The Bertz CT molecular complexity index is 429. The second-order valence-electron chi connectivity index (χ2n) is 4.64. The lowest BCUT2D eigenvalue weighted by Gasteiger charge is -2.43. The molecule has 0 saturated carbocycles. The largest absolute Gasteiger partial charge is 0.467 e. The van der Waals surface area contributed by atoms with E-state index in [1.807, 2.05) is 0 Å². The number of rotatable bonds is 3. The topological polar surface area (TPSA) is 61.8 Å². The van der Waals surface area contributed by atoms with Crippen LogP contribution in [0.15, 0.2) is 25.3 Å². The van der Waals surface area contributed by atoms with Gasteiger partial charge >= 0.3 is 5.97 Å². The van der Waals surface area contributed by atoms with Gasteiger partial charge in [0.05, 0.1) is 25.6 Å². The fraction of sp³-hybridized carbons (Fsp3) is 0.538. The molecule has 2 saturated heterocycles. The van der Waals surface area contributed by atoms with Gasteiger partial charge in [-0.1, -0.05) is 12.2 Å². The van der Waals surface area contributed by atoms with E-state index in [4.69, 9.17) is 14.2 Å². The molecular formula is C13H16O5. The number of carbonyl (C=O) groups is 2. The first kappa shape index (κ1) is 13.0. The molecule has 0 unspecified atom stereocenters. The van der Waals surface area contributed by atoms with Gasteiger partial charge in [0.1, 0.15) is 0 Å². The molecule has 2 aliphatic rings. The van der Waals surface area contributed by atoms with Gasteiger partial charge in [-0.2, -0.15) is 0 Å². The van der Waals surface area contributed by atoms with Crippen molar-refractivity contribution in [2.45, 2.75) is 30.8 Å². The molecule has 0 aromatic heterocycles. The maximum Gasteiger partial charge on any atom is 0.346 e. The Morgan fingerprint density at radius 3 is 2.67 bits per heavy atom. The van der Waals surface area contributed by atoms with E-state index in [2.05, 4.69) is 13.2 Å². The number of ether oxygens (including phenoxy) is 3. The minimum absolute atomic E-state index is 0.0107. The Morgan fingerprint density at radius 2 is 2.17 bits per heavy atom. The maximum atomic E-state index is 12.2. The number of Topliss-reactive ketones (excluding diaryl/α,β-unsaturated/α-hetero) is 1. The summed E-state index contributed by atoms with van der Waals surface area (Å²) in [5.74, 6) is -2.79. The van der Waals surface area contributed by atoms with Crippen molar-refractivity contribution < 1.29 is 23.8 Å². The second-order valence-corrected chi connectivity index (χ2v) is 4.64. The van der Waals surface area contributed by atoms with E-state index in [-0.39, 0.29) is 12.2 Å². The van der Waals surface area contributed by atoms with Crippen molar-refractivity contribution in [2.75, 3.05) is 7.11 Å². The summed E-state index contributed by atoms with van der Waals surface area (Å²) in [5, 5.41) is 0. The van der Waals surface area contributed by atoms with Gasteiger partial charge in [0.2, 0.25) is 5.60 Å². The monoisotopic (exact) mass is 252 g/mol. The minimum Gasteiger partial charge on any atom is -0.467 e. The molecule has 0 radical (unpaired) electrons. The van der Waals surface area contributed by atoms with Gasteiger partial charge in [-0.3, -0.25) is 4.79 Å². The molecule has 5 heteroatoms. The molecule has 2 heterocycles. The maximum absolute atomic E-state index is 12.2. The van der Waals surface area contributed by atoms with E-state index in [1.54, 1.807) is 13.0 Å². The number of methoxy groups -OCH3 is 1. The normalized spacial score (nSPS) is 42.4. The predicted octanol–water partition coefficient (Wildman–Crippen LogP) is 0.991. The molecule has 2 aliphatic heterocycles. The van der Waals surface area contributed by atoms with Crippen LogP contribution in [0.2, 0.25) is 0 Å². The van der Waals surface area contributed by atoms with Gasteiger partial charge in [-0.25, -0.2) is 4.79 Å². The highest BCUT2D eigenvalue weighted by atomic mass is 16.7. The van der Waals surface area contributed by atoms with Gasteiger partial charge < -0.3 is 14.2 Å². The van der Waals surface area contributed by atoms with Crippen molar-refractivity contribution in [3.63, 3.8) is 0 Å². The van der Waals surface area contributed by atoms with Crippen LogP contribution in [-0.4, -0.2) is 36.4 Å². The van der Waals surface area contributed by atoms with Crippen molar-refractivity contribution in [1.82, 2.24) is 0 Å². The predicted molar refractivity (Wildman–Crippen MR) is 62.6 cm³/mol. The first-order chi connectivity index (χ1) is 8.43. The molecular weight excluding hydrogens is 236 g/mol. The summed E-state index contributed by atoms with van der Waals surface area (Å²) in [6.45, 7) is 8.94. The summed E-state index contributed by atoms with van der Waals surface area (Å²) in [5.41, 5.74) is -1.65. The van der Waals surface area contributed by atoms with Crippen LogP contribution in [-0.2, 0) is 23.8 Å². The average Bonchev–Trinajstić information content (AvgIpc) is 2.56. The SMILES string of the molecule is C=C[C@@H]1O[C@@]2(C)CC(=O)[C@](C(=O)OC)(O2)[C@H]1C=C. The molecule has 2 fully saturated rings. The third-order valence-electron chi connectivity index (χ3n) is 3.46. The zero-order valence-electron chi connectivity index (χ0n) is 10.5. The molecule has 0 aliphatic carbocycles. The summed E-state index contributed by atoms with van der Waals surface area (Å²) in [7, 11) is 1.22. The van der Waals surface area contributed by atoms with E-state index in [0.29, 0.717) is 0 Å². The van der Waals surface area contributed by atoms with E-state index in [1.165, 1.54) is 13.2 Å². The van der Waals surface area contributed by atoms with Gasteiger partial charge in [0, 0.05) is 0 Å². The van der Waals surface area contributed by atoms with Crippen molar-refractivity contribution in [3.8, 4) is 0 Å². The molecule has 4 atom stereocenters. The number of fused-ring (bicyclic) bond motifs is 2. The Morgan fingerprint density at radius 1 is 1.50 bits per heavy atom. The van der Waals surface area contributed by atoms with Crippen LogP contribution in [0.3, 0.4) is 0 Å². The van der Waals surface area contributed by atoms with Crippen LogP contribution < -0.4 is 0 Å². The van der Waals surface area contributed by atoms with E-state index >= 15 is 0 Å². The number of hydrogen-bond donors (Lipinski definition) is 0. The summed E-state index contributed by atoms with van der Waals surface area (Å²) in [6, 6.07) is 0. The second kappa shape index (κ2) is 4.03. The summed E-state index contributed by atoms with van der Waals surface area (Å²) in [6.07, 6.45) is 2.53. The van der Waals surface area contributed by atoms with Crippen LogP contribution >= 0.6 is 0 Å². The average molecular weight is 252 g/mol. The zero-order valence-corrected chi connectivity index (χ0v) is 10.5. The smallest absolute Gasteiger partial charge is 0.346 e. The van der Waals surface area contributed by atoms with Crippen LogP contribution in [0.25, 0.3) is 0 Å². The summed E-state index contributed by atoms with van der Waals surface area (Å²) < 4.78 is 16.0. The highest BCUT2D eigenvalue weighted by molar-refractivity contribution is 6.10. The van der Waals surface area contributed by atoms with Gasteiger partial charge in [-0.15, -0.1) is 13.2 Å². The number of carbonyl (C=O) groups excluding carboxylic acids is 2. The fourth-order valence-corrected chi connectivity index (χ4v) is 2.71. The lowest BCUT2D eigenvalue weighted by atomic mass is 9.80. The Kier molecular flexibility index (Phi) is 2.91. The third kappa shape index (κ3) is 1.47. The first-order valence-electron chi connectivity index (χ1n) is 5.68. The van der Waals surface area contributed by atoms with Crippen LogP contribution in [0.5, 0.6) is 0 Å². The highest BCUT2D eigenvalue weighted by Gasteiger charge is 2.68. The molecule has 18 heavy (non-hydrogen) atoms. The molecule has 2 rings (SSSR count). The van der Waals surface area contributed by atoms with Crippen LogP contribution in [0.4, 0.5) is 0 Å². The Hall–Kier alpha value is -1.46. The zero-order chi connectivity index (χ0) is 13.6. The summed E-state index contributed by atoms with van der Waals surface area (Å²) in [4.78, 5) is 24.3. The van der Waals surface area contributed by atoms with Crippen LogP contribution in [0.1, 0.15) is 13.3 Å². The van der Waals surface area contributed by atoms with Gasteiger partial charge in [-0.05, 0) is 6.92 Å². The number of esters is 1. The lowest BCUT2D eigenvalue weighted by molar-refractivity contribution is -0.306. The van der Waals surface area contributed by atoms with E-state index in [0.717, 1.165) is 0 Å². The molecule has 0 aromatic carbocycles. The highest BCUT2D eigenvalue weighted by Crippen LogP contribution is 2.49. The lowest BCUT2D eigenvalue weighted by Crippen LogP contribution is -2.59. The van der Waals surface area contributed by atoms with Crippen LogP contribution in [0, 0.1) is 5.92 Å². The summed E-state index contributed by atoms with van der Waals surface area (Å²) >= 11 is 0. The van der Waals surface area contributed by atoms with Crippen molar-refractivity contribution in [2.24, 2.45) is 5.92 Å². The Labute approximate surface area is 105 Å². The molecule has 0 spiro atoms. The van der Waals surface area contributed by atoms with Gasteiger partial charge in [0.25, 0.3) is 0 Å². The quantitative estimate of drug-likeness (QED) is 0.426. The standard InChI is InChI=1S/C13H16O5/c1-5-8-9(6-2)17-12(3)7-10(14)13(8,18-12)11(15)16-4/h5-6,8-9H,1-2,7H2,3-4H3/t8-,9-,12+,13+/m0/s1. The molecule has 5 nitrogen and oxygen atoms in total. The van der Waals surface area contributed by atoms with E-state index < -0.39 is 29.4 Å². The molecule has 0 aromatic rings. The van der Waals surface area contributed by atoms with Gasteiger partial charge in [0.15, 0.2) is 11.6 Å². The first-order valence-corrected chi connectivity index (χ1v) is 5.68. The molecule has 2 bridgehead atoms. The number of ketones is 1. The molecule has 0 N–H and O–H groups in total. The van der Waals surface area contributed by atoms with Crippen molar-refractivity contribution >= 4 is 11.8 Å². The fourth-order valence-electron chi connectivity index (χ4n) is 2.71. The number of hydrogen-bond acceptors (Lipinski definition) is 5.